The summed E-state index contributed by atoms with van der Waals surface area (Å²) < 4.78 is 28.9. The molecule has 0 saturated carbocycles. The fraction of sp³-hybridized carbons (Fsp3) is 1.00. The van der Waals surface area contributed by atoms with Gasteiger partial charge in [0, 0.05) is 25.2 Å². The summed E-state index contributed by atoms with van der Waals surface area (Å²) in [5.74, 6) is 0.992. The molecule has 6 heteroatoms. The van der Waals surface area contributed by atoms with Crippen LogP contribution in [0.3, 0.4) is 0 Å². The first-order valence-electron chi connectivity index (χ1n) is 6.67. The molecule has 2 rings (SSSR count). The van der Waals surface area contributed by atoms with Crippen molar-refractivity contribution in [3.05, 3.63) is 0 Å². The molecule has 0 radical (unpaired) electrons. The van der Waals surface area contributed by atoms with E-state index in [0.29, 0.717) is 18.9 Å². The standard InChI is InChI=1S/C12H24N2O3S/c1-14(7-11-3-2-5-17-8-11)12(9-13)4-6-18(15,16)10-12/h11H,2-10,13H2,1H3. The molecular formula is C12H24N2O3S. The molecule has 18 heavy (non-hydrogen) atoms. The van der Waals surface area contributed by atoms with Gasteiger partial charge in [0.1, 0.15) is 0 Å². The van der Waals surface area contributed by atoms with Gasteiger partial charge in [0.05, 0.1) is 18.1 Å². The predicted molar refractivity (Wildman–Crippen MR) is 71.2 cm³/mol. The Bertz CT molecular complexity index is 379. The number of sulfone groups is 1. The number of hydrogen-bond donors (Lipinski definition) is 1. The molecule has 106 valence electrons. The molecule has 5 nitrogen and oxygen atoms in total. The second kappa shape index (κ2) is 5.45. The number of hydrogen-bond acceptors (Lipinski definition) is 5. The zero-order valence-corrected chi connectivity index (χ0v) is 11.9. The highest BCUT2D eigenvalue weighted by Crippen LogP contribution is 2.29. The Morgan fingerprint density at radius 3 is 2.78 bits per heavy atom. The van der Waals surface area contributed by atoms with Crippen LogP contribution < -0.4 is 5.73 Å². The van der Waals surface area contributed by atoms with Crippen molar-refractivity contribution in [1.82, 2.24) is 4.90 Å². The fourth-order valence-corrected chi connectivity index (χ4v) is 5.19. The van der Waals surface area contributed by atoms with Crippen LogP contribution in [-0.2, 0) is 14.6 Å². The van der Waals surface area contributed by atoms with Gasteiger partial charge in [-0.15, -0.1) is 0 Å². The van der Waals surface area contributed by atoms with Crippen molar-refractivity contribution >= 4 is 9.84 Å². The van der Waals surface area contributed by atoms with Gasteiger partial charge in [-0.3, -0.25) is 4.90 Å². The van der Waals surface area contributed by atoms with E-state index in [1.165, 1.54) is 0 Å². The summed E-state index contributed by atoms with van der Waals surface area (Å²) >= 11 is 0. The van der Waals surface area contributed by atoms with Crippen molar-refractivity contribution in [2.24, 2.45) is 11.7 Å². The molecule has 0 aromatic rings. The smallest absolute Gasteiger partial charge is 0.152 e. The minimum Gasteiger partial charge on any atom is -0.381 e. The van der Waals surface area contributed by atoms with Crippen molar-refractivity contribution in [3.63, 3.8) is 0 Å². The Morgan fingerprint density at radius 1 is 1.50 bits per heavy atom. The van der Waals surface area contributed by atoms with Crippen LogP contribution in [0.15, 0.2) is 0 Å². The van der Waals surface area contributed by atoms with E-state index >= 15 is 0 Å². The lowest BCUT2D eigenvalue weighted by atomic mass is 9.94. The Labute approximate surface area is 110 Å². The molecule has 2 N–H and O–H groups in total. The summed E-state index contributed by atoms with van der Waals surface area (Å²) in [6, 6.07) is 0. The van der Waals surface area contributed by atoms with Crippen LogP contribution in [0, 0.1) is 5.92 Å². The minimum atomic E-state index is -2.90. The molecule has 2 fully saturated rings. The third-order valence-corrected chi connectivity index (χ3v) is 6.15. The highest BCUT2D eigenvalue weighted by Gasteiger charge is 2.44. The van der Waals surface area contributed by atoms with E-state index in [1.54, 1.807) is 0 Å². The topological polar surface area (TPSA) is 72.6 Å². The van der Waals surface area contributed by atoms with Gasteiger partial charge in [-0.1, -0.05) is 0 Å². The van der Waals surface area contributed by atoms with E-state index in [-0.39, 0.29) is 17.0 Å². The van der Waals surface area contributed by atoms with Crippen molar-refractivity contribution in [2.75, 3.05) is 44.9 Å². The highest BCUT2D eigenvalue weighted by molar-refractivity contribution is 7.91. The van der Waals surface area contributed by atoms with Crippen molar-refractivity contribution in [1.29, 1.82) is 0 Å². The van der Waals surface area contributed by atoms with Gasteiger partial charge in [-0.2, -0.15) is 0 Å². The van der Waals surface area contributed by atoms with E-state index in [2.05, 4.69) is 4.90 Å². The van der Waals surface area contributed by atoms with Crippen LogP contribution in [0.2, 0.25) is 0 Å². The summed E-state index contributed by atoms with van der Waals surface area (Å²) in [5.41, 5.74) is 5.51. The predicted octanol–water partition coefficient (Wildman–Crippen LogP) is -0.139. The Morgan fingerprint density at radius 2 is 2.28 bits per heavy atom. The third kappa shape index (κ3) is 3.04. The summed E-state index contributed by atoms with van der Waals surface area (Å²) in [7, 11) is -0.902. The van der Waals surface area contributed by atoms with E-state index in [4.69, 9.17) is 10.5 Å². The lowest BCUT2D eigenvalue weighted by molar-refractivity contribution is 0.0252. The van der Waals surface area contributed by atoms with Crippen molar-refractivity contribution < 1.29 is 13.2 Å². The first-order valence-corrected chi connectivity index (χ1v) is 8.49. The molecule has 0 aromatic carbocycles. The average Bonchev–Trinajstić information content (AvgIpc) is 2.68. The first-order chi connectivity index (χ1) is 8.47. The summed E-state index contributed by atoms with van der Waals surface area (Å²) in [4.78, 5) is 2.16. The second-order valence-electron chi connectivity index (χ2n) is 5.73. The van der Waals surface area contributed by atoms with E-state index in [0.717, 1.165) is 32.6 Å². The van der Waals surface area contributed by atoms with Gasteiger partial charge in [0.2, 0.25) is 0 Å². The quantitative estimate of drug-likeness (QED) is 0.774. The van der Waals surface area contributed by atoms with Crippen LogP contribution in [0.25, 0.3) is 0 Å². The zero-order valence-electron chi connectivity index (χ0n) is 11.1. The van der Waals surface area contributed by atoms with Crippen LogP contribution in [0.5, 0.6) is 0 Å². The molecule has 0 bridgehead atoms. The van der Waals surface area contributed by atoms with Gasteiger partial charge in [0.15, 0.2) is 9.84 Å². The van der Waals surface area contributed by atoms with Crippen LogP contribution in [-0.4, -0.2) is 63.7 Å². The minimum absolute atomic E-state index is 0.209. The largest absolute Gasteiger partial charge is 0.381 e. The maximum absolute atomic E-state index is 11.7. The highest BCUT2D eigenvalue weighted by atomic mass is 32.2. The van der Waals surface area contributed by atoms with E-state index < -0.39 is 9.84 Å². The summed E-state index contributed by atoms with van der Waals surface area (Å²) in [5, 5.41) is 0. The number of nitrogens with zero attached hydrogens (tertiary/aromatic N) is 1. The second-order valence-corrected chi connectivity index (χ2v) is 7.92. The van der Waals surface area contributed by atoms with Crippen LogP contribution >= 0.6 is 0 Å². The van der Waals surface area contributed by atoms with Gasteiger partial charge in [0.25, 0.3) is 0 Å². The molecule has 2 heterocycles. The number of likely N-dealkylation sites (N-methyl/N-ethyl adjacent to an activating group) is 1. The third-order valence-electron chi connectivity index (χ3n) is 4.34. The number of ether oxygens (including phenoxy) is 1. The molecule has 2 aliphatic heterocycles. The van der Waals surface area contributed by atoms with Crippen molar-refractivity contribution in [3.8, 4) is 0 Å². The Hall–Kier alpha value is -0.170. The van der Waals surface area contributed by atoms with E-state index in [9.17, 15) is 8.42 Å². The average molecular weight is 276 g/mol. The molecule has 2 atom stereocenters. The lowest BCUT2D eigenvalue weighted by Crippen LogP contribution is -2.54. The molecule has 0 amide bonds. The van der Waals surface area contributed by atoms with Gasteiger partial charge >= 0.3 is 0 Å². The monoisotopic (exact) mass is 276 g/mol. The maximum atomic E-state index is 11.7. The van der Waals surface area contributed by atoms with Crippen LogP contribution in [0.4, 0.5) is 0 Å². The molecule has 2 aliphatic rings. The van der Waals surface area contributed by atoms with E-state index in [1.807, 2.05) is 7.05 Å². The molecule has 0 spiro atoms. The molecule has 2 saturated heterocycles. The normalized spacial score (nSPS) is 36.1. The number of nitrogens with two attached hydrogens (primary N) is 1. The van der Waals surface area contributed by atoms with Gasteiger partial charge < -0.3 is 10.5 Å². The molecule has 0 aromatic heterocycles. The Balaban J connectivity index is 1.99. The van der Waals surface area contributed by atoms with Crippen molar-refractivity contribution in [2.45, 2.75) is 24.8 Å². The molecule has 2 unspecified atom stereocenters. The first kappa shape index (κ1) is 14.2. The fourth-order valence-electron chi connectivity index (χ4n) is 3.05. The number of rotatable bonds is 4. The van der Waals surface area contributed by atoms with Crippen LogP contribution in [0.1, 0.15) is 19.3 Å². The maximum Gasteiger partial charge on any atom is 0.152 e. The van der Waals surface area contributed by atoms with Gasteiger partial charge in [-0.25, -0.2) is 8.42 Å². The Kier molecular flexibility index (Phi) is 4.31. The zero-order chi connectivity index (χ0) is 13.2. The SMILES string of the molecule is CN(CC1CCCOC1)C1(CN)CCS(=O)(=O)C1. The summed E-state index contributed by atoms with van der Waals surface area (Å²) in [6.45, 7) is 2.94. The molecule has 0 aliphatic carbocycles. The molecular weight excluding hydrogens is 252 g/mol. The van der Waals surface area contributed by atoms with Gasteiger partial charge in [-0.05, 0) is 32.2 Å². The summed E-state index contributed by atoms with van der Waals surface area (Å²) in [6.07, 6.45) is 2.93. The lowest BCUT2D eigenvalue weighted by Gasteiger charge is -2.39.